The van der Waals surface area contributed by atoms with Crippen LogP contribution in [0.2, 0.25) is 0 Å². The first-order valence-electron chi connectivity index (χ1n) is 5.86. The fourth-order valence-electron chi connectivity index (χ4n) is 1.99. The van der Waals surface area contributed by atoms with E-state index in [4.69, 9.17) is 0 Å². The van der Waals surface area contributed by atoms with Gasteiger partial charge in [0.1, 0.15) is 0 Å². The number of piperidine rings is 1. The van der Waals surface area contributed by atoms with Gasteiger partial charge in [-0.15, -0.1) is 24.8 Å². The molecule has 0 aliphatic carbocycles. The largest absolute Gasteiger partial charge is 0.352 e. The van der Waals surface area contributed by atoms with E-state index in [9.17, 15) is 9.18 Å². The summed E-state index contributed by atoms with van der Waals surface area (Å²) in [6, 6.07) is 1.39. The van der Waals surface area contributed by atoms with Gasteiger partial charge < -0.3 is 10.6 Å². The van der Waals surface area contributed by atoms with Gasteiger partial charge in [-0.05, 0) is 37.9 Å². The smallest absolute Gasteiger partial charge is 0.254 e. The third-order valence-electron chi connectivity index (χ3n) is 2.97. The van der Waals surface area contributed by atoms with Crippen molar-refractivity contribution in [3.8, 4) is 0 Å². The van der Waals surface area contributed by atoms with E-state index in [1.807, 2.05) is 0 Å². The van der Waals surface area contributed by atoms with Gasteiger partial charge in [-0.25, -0.2) is 4.39 Å². The van der Waals surface area contributed by atoms with Crippen molar-refractivity contribution in [1.29, 1.82) is 0 Å². The van der Waals surface area contributed by atoms with Crippen LogP contribution in [-0.2, 0) is 0 Å². The highest BCUT2D eigenvalue weighted by atomic mass is 35.5. The molecule has 1 fully saturated rings. The Morgan fingerprint density at radius 3 is 2.95 bits per heavy atom. The molecule has 0 saturated carbocycles. The van der Waals surface area contributed by atoms with Crippen molar-refractivity contribution in [2.45, 2.75) is 12.8 Å². The van der Waals surface area contributed by atoms with E-state index in [2.05, 4.69) is 15.6 Å². The first-order valence-corrected chi connectivity index (χ1v) is 5.86. The van der Waals surface area contributed by atoms with Crippen molar-refractivity contribution in [3.63, 3.8) is 0 Å². The minimum Gasteiger partial charge on any atom is -0.352 e. The zero-order valence-corrected chi connectivity index (χ0v) is 12.0. The zero-order valence-electron chi connectivity index (χ0n) is 10.4. The van der Waals surface area contributed by atoms with Gasteiger partial charge in [0.15, 0.2) is 5.82 Å². The number of pyridine rings is 1. The van der Waals surface area contributed by atoms with Crippen molar-refractivity contribution in [2.24, 2.45) is 5.92 Å². The summed E-state index contributed by atoms with van der Waals surface area (Å²) < 4.78 is 13.3. The van der Waals surface area contributed by atoms with Crippen LogP contribution in [0.3, 0.4) is 0 Å². The lowest BCUT2D eigenvalue weighted by atomic mass is 10.00. The third kappa shape index (κ3) is 5.30. The van der Waals surface area contributed by atoms with Crippen molar-refractivity contribution in [3.05, 3.63) is 29.8 Å². The van der Waals surface area contributed by atoms with Gasteiger partial charge in [0.2, 0.25) is 0 Å². The maximum absolute atomic E-state index is 13.3. The Balaban J connectivity index is 0.00000162. The van der Waals surface area contributed by atoms with Gasteiger partial charge >= 0.3 is 0 Å². The Labute approximate surface area is 124 Å². The Kier molecular flexibility index (Phi) is 8.63. The molecule has 0 bridgehead atoms. The van der Waals surface area contributed by atoms with E-state index in [1.54, 1.807) is 0 Å². The molecule has 2 rings (SSSR count). The van der Waals surface area contributed by atoms with Crippen LogP contribution in [0.4, 0.5) is 4.39 Å². The molecule has 1 aromatic rings. The highest BCUT2D eigenvalue weighted by Crippen LogP contribution is 2.09. The van der Waals surface area contributed by atoms with Crippen LogP contribution >= 0.6 is 24.8 Å². The second kappa shape index (κ2) is 9.07. The van der Waals surface area contributed by atoms with Gasteiger partial charge in [-0.2, -0.15) is 0 Å². The molecular formula is C12H18Cl2FN3O. The summed E-state index contributed by atoms with van der Waals surface area (Å²) >= 11 is 0. The predicted octanol–water partition coefficient (Wildman–Crippen LogP) is 1.79. The van der Waals surface area contributed by atoms with Crippen LogP contribution < -0.4 is 10.6 Å². The molecule has 1 saturated heterocycles. The highest BCUT2D eigenvalue weighted by molar-refractivity contribution is 5.94. The molecule has 1 atom stereocenters. The molecule has 19 heavy (non-hydrogen) atoms. The fraction of sp³-hybridized carbons (Fsp3) is 0.500. The number of nitrogens with one attached hydrogen (secondary N) is 2. The Morgan fingerprint density at radius 2 is 2.32 bits per heavy atom. The lowest BCUT2D eigenvalue weighted by Gasteiger charge is -2.22. The summed E-state index contributed by atoms with van der Waals surface area (Å²) in [6.45, 7) is 2.55. The van der Waals surface area contributed by atoms with E-state index < -0.39 is 5.82 Å². The minimum atomic E-state index is -0.577. The Bertz CT molecular complexity index is 400. The summed E-state index contributed by atoms with van der Waals surface area (Å²) in [5, 5.41) is 6.04. The van der Waals surface area contributed by atoms with Crippen LogP contribution in [0, 0.1) is 11.7 Å². The minimum absolute atomic E-state index is 0. The predicted molar refractivity (Wildman–Crippen MR) is 76.6 cm³/mol. The van der Waals surface area contributed by atoms with Gasteiger partial charge in [0, 0.05) is 12.7 Å². The summed E-state index contributed by atoms with van der Waals surface area (Å²) in [6.07, 6.45) is 4.70. The molecule has 1 aliphatic rings. The molecule has 2 heterocycles. The van der Waals surface area contributed by atoms with E-state index in [-0.39, 0.29) is 36.3 Å². The quantitative estimate of drug-likeness (QED) is 0.895. The highest BCUT2D eigenvalue weighted by Gasteiger charge is 2.16. The van der Waals surface area contributed by atoms with Crippen molar-refractivity contribution < 1.29 is 9.18 Å². The lowest BCUT2D eigenvalue weighted by Crippen LogP contribution is -2.38. The van der Waals surface area contributed by atoms with Crippen LogP contribution in [-0.4, -0.2) is 30.5 Å². The maximum Gasteiger partial charge on any atom is 0.254 e. The number of halogens is 3. The number of nitrogens with zero attached hydrogens (tertiary/aromatic N) is 1. The van der Waals surface area contributed by atoms with Crippen molar-refractivity contribution >= 4 is 30.7 Å². The number of carbonyl (C=O) groups is 1. The van der Waals surface area contributed by atoms with Crippen LogP contribution in [0.5, 0.6) is 0 Å². The number of hydrogen-bond acceptors (Lipinski definition) is 3. The molecular weight excluding hydrogens is 292 g/mol. The fourth-order valence-corrected chi connectivity index (χ4v) is 1.99. The molecule has 108 valence electrons. The van der Waals surface area contributed by atoms with Crippen molar-refractivity contribution in [2.75, 3.05) is 19.6 Å². The van der Waals surface area contributed by atoms with Crippen LogP contribution in [0.15, 0.2) is 18.5 Å². The first-order chi connectivity index (χ1) is 8.27. The van der Waals surface area contributed by atoms with E-state index in [0.29, 0.717) is 12.5 Å². The number of aromatic nitrogens is 1. The Hall–Kier alpha value is -0.910. The average Bonchev–Trinajstić information content (AvgIpc) is 2.38. The van der Waals surface area contributed by atoms with E-state index in [1.165, 1.54) is 12.3 Å². The zero-order chi connectivity index (χ0) is 12.1. The van der Waals surface area contributed by atoms with Gasteiger partial charge in [0.05, 0.1) is 11.8 Å². The molecule has 2 N–H and O–H groups in total. The monoisotopic (exact) mass is 309 g/mol. The molecule has 1 unspecified atom stereocenters. The van der Waals surface area contributed by atoms with Gasteiger partial charge in [0.25, 0.3) is 5.91 Å². The molecule has 0 aromatic carbocycles. The summed E-state index contributed by atoms with van der Waals surface area (Å²) in [5.74, 6) is -0.500. The SMILES string of the molecule is Cl.Cl.O=C(NCC1CCCNC1)c1ccncc1F. The second-order valence-electron chi connectivity index (χ2n) is 4.28. The molecule has 0 radical (unpaired) electrons. The van der Waals surface area contributed by atoms with Gasteiger partial charge in [-0.3, -0.25) is 9.78 Å². The average molecular weight is 310 g/mol. The van der Waals surface area contributed by atoms with E-state index in [0.717, 1.165) is 32.1 Å². The molecule has 7 heteroatoms. The number of rotatable bonds is 3. The summed E-state index contributed by atoms with van der Waals surface area (Å²) in [4.78, 5) is 15.3. The molecule has 1 aromatic heterocycles. The molecule has 4 nitrogen and oxygen atoms in total. The third-order valence-corrected chi connectivity index (χ3v) is 2.97. The Morgan fingerprint density at radius 1 is 1.53 bits per heavy atom. The maximum atomic E-state index is 13.3. The normalized spacial score (nSPS) is 17.8. The topological polar surface area (TPSA) is 54.0 Å². The second-order valence-corrected chi connectivity index (χ2v) is 4.28. The summed E-state index contributed by atoms with van der Waals surface area (Å²) in [5.41, 5.74) is 0.0590. The number of carbonyl (C=O) groups excluding carboxylic acids is 1. The van der Waals surface area contributed by atoms with E-state index >= 15 is 0 Å². The standard InChI is InChI=1S/C12H16FN3O.2ClH/c13-11-8-15-5-3-10(11)12(17)16-7-9-2-1-4-14-6-9;;/h3,5,8-9,14H,1-2,4,6-7H2,(H,16,17);2*1H. The first kappa shape index (κ1) is 18.1. The summed E-state index contributed by atoms with van der Waals surface area (Å²) in [7, 11) is 0. The molecule has 1 aliphatic heterocycles. The lowest BCUT2D eigenvalue weighted by molar-refractivity contribution is 0.0940. The molecule has 1 amide bonds. The number of hydrogen-bond donors (Lipinski definition) is 2. The molecule has 0 spiro atoms. The van der Waals surface area contributed by atoms with Crippen LogP contribution in [0.25, 0.3) is 0 Å². The number of amides is 1. The van der Waals surface area contributed by atoms with Crippen molar-refractivity contribution in [1.82, 2.24) is 15.6 Å². The van der Waals surface area contributed by atoms with Gasteiger partial charge in [-0.1, -0.05) is 0 Å². The van der Waals surface area contributed by atoms with Crippen LogP contribution in [0.1, 0.15) is 23.2 Å².